The number of benzene rings is 1. The van der Waals surface area contributed by atoms with Crippen LogP contribution in [0.1, 0.15) is 30.0 Å². The molecule has 2 aromatic rings. The van der Waals surface area contributed by atoms with Crippen molar-refractivity contribution < 1.29 is 4.79 Å². The van der Waals surface area contributed by atoms with Gasteiger partial charge in [0.15, 0.2) is 0 Å². The van der Waals surface area contributed by atoms with Crippen molar-refractivity contribution in [2.24, 2.45) is 0 Å². The number of H-pyrrole nitrogens is 1. The molecule has 0 bridgehead atoms. The van der Waals surface area contributed by atoms with Gasteiger partial charge in [-0.1, -0.05) is 37.3 Å². The molecule has 1 saturated heterocycles. The van der Waals surface area contributed by atoms with Gasteiger partial charge in [0.1, 0.15) is 5.82 Å². The van der Waals surface area contributed by atoms with E-state index in [9.17, 15) is 9.59 Å². The molecular formula is C17H20N4O2. The molecule has 6 nitrogen and oxygen atoms in total. The maximum atomic E-state index is 11.8. The van der Waals surface area contributed by atoms with Crippen LogP contribution in [-0.2, 0) is 17.8 Å². The third-order valence-corrected chi connectivity index (χ3v) is 4.02. The minimum atomic E-state index is -0.149. The Morgan fingerprint density at radius 2 is 2.04 bits per heavy atom. The molecule has 1 aliphatic heterocycles. The van der Waals surface area contributed by atoms with Crippen LogP contribution in [0, 0.1) is 0 Å². The van der Waals surface area contributed by atoms with E-state index in [1.165, 1.54) is 6.07 Å². The molecule has 23 heavy (non-hydrogen) atoms. The number of amides is 1. The van der Waals surface area contributed by atoms with Crippen molar-refractivity contribution in [3.8, 4) is 0 Å². The van der Waals surface area contributed by atoms with Gasteiger partial charge >= 0.3 is 0 Å². The van der Waals surface area contributed by atoms with Gasteiger partial charge in [-0.15, -0.1) is 0 Å². The summed E-state index contributed by atoms with van der Waals surface area (Å²) in [6, 6.07) is 11.6. The van der Waals surface area contributed by atoms with Crippen molar-refractivity contribution in [1.29, 1.82) is 0 Å². The molecular weight excluding hydrogens is 292 g/mol. The summed E-state index contributed by atoms with van der Waals surface area (Å²) in [6.07, 6.45) is 0.708. The second kappa shape index (κ2) is 6.75. The summed E-state index contributed by atoms with van der Waals surface area (Å²) in [5.41, 5.74) is 1.76. The second-order valence-electron chi connectivity index (χ2n) is 5.67. The highest BCUT2D eigenvalue weighted by Gasteiger charge is 2.28. The van der Waals surface area contributed by atoms with Gasteiger partial charge in [0.25, 0.3) is 5.56 Å². The molecule has 6 heteroatoms. The Balaban J connectivity index is 1.87. The summed E-state index contributed by atoms with van der Waals surface area (Å²) >= 11 is 0. The highest BCUT2D eigenvalue weighted by molar-refractivity contribution is 5.79. The smallest absolute Gasteiger partial charge is 0.251 e. The summed E-state index contributed by atoms with van der Waals surface area (Å²) in [6.45, 7) is 3.25. The molecule has 1 aromatic carbocycles. The number of hydrogen-bond acceptors (Lipinski definition) is 4. The average Bonchev–Trinajstić information content (AvgIpc) is 2.55. The Labute approximate surface area is 134 Å². The van der Waals surface area contributed by atoms with E-state index in [-0.39, 0.29) is 17.5 Å². The van der Waals surface area contributed by atoms with Crippen LogP contribution in [0.25, 0.3) is 0 Å². The number of nitrogens with zero attached hydrogens (tertiary/aromatic N) is 2. The van der Waals surface area contributed by atoms with Gasteiger partial charge in [-0.2, -0.15) is 0 Å². The van der Waals surface area contributed by atoms with Gasteiger partial charge in [-0.05, 0) is 12.0 Å². The van der Waals surface area contributed by atoms with Crippen LogP contribution in [0.3, 0.4) is 0 Å². The summed E-state index contributed by atoms with van der Waals surface area (Å²) in [5.74, 6) is 0.594. The first-order chi connectivity index (χ1) is 11.2. The maximum Gasteiger partial charge on any atom is 0.251 e. The van der Waals surface area contributed by atoms with Crippen LogP contribution in [0.5, 0.6) is 0 Å². The first kappa shape index (κ1) is 15.4. The molecule has 3 rings (SSSR count). The van der Waals surface area contributed by atoms with E-state index >= 15 is 0 Å². The first-order valence-corrected chi connectivity index (χ1v) is 7.80. The minimum absolute atomic E-state index is 0.00817. The summed E-state index contributed by atoms with van der Waals surface area (Å²) in [5, 5.41) is 2.91. The van der Waals surface area contributed by atoms with E-state index in [1.54, 1.807) is 0 Å². The van der Waals surface area contributed by atoms with Crippen molar-refractivity contribution in [2.45, 2.75) is 25.9 Å². The fraction of sp³-hybridized carbons (Fsp3) is 0.353. The molecule has 1 unspecified atom stereocenters. The number of rotatable bonds is 4. The predicted octanol–water partition coefficient (Wildman–Crippen LogP) is 1.01. The second-order valence-corrected chi connectivity index (χ2v) is 5.67. The Hall–Kier alpha value is -2.47. The van der Waals surface area contributed by atoms with E-state index in [1.807, 2.05) is 42.2 Å². The van der Waals surface area contributed by atoms with Gasteiger partial charge in [0, 0.05) is 18.3 Å². The predicted molar refractivity (Wildman–Crippen MR) is 86.8 cm³/mol. The number of carbonyl (C=O) groups is 1. The van der Waals surface area contributed by atoms with Crippen LogP contribution in [-0.4, -0.2) is 33.9 Å². The zero-order valence-corrected chi connectivity index (χ0v) is 13.1. The molecule has 1 fully saturated rings. The zero-order valence-electron chi connectivity index (χ0n) is 13.1. The number of aromatic nitrogens is 2. The third-order valence-electron chi connectivity index (χ3n) is 4.02. The van der Waals surface area contributed by atoms with E-state index in [2.05, 4.69) is 15.3 Å². The molecule has 1 aromatic heterocycles. The van der Waals surface area contributed by atoms with Gasteiger partial charge in [0.05, 0.1) is 19.1 Å². The number of carbonyl (C=O) groups excluding carboxylic acids is 1. The molecule has 1 amide bonds. The van der Waals surface area contributed by atoms with Crippen molar-refractivity contribution in [3.05, 3.63) is 63.8 Å². The molecule has 0 radical (unpaired) electrons. The lowest BCUT2D eigenvalue weighted by molar-refractivity contribution is -0.125. The number of piperazine rings is 1. The third kappa shape index (κ3) is 3.65. The zero-order chi connectivity index (χ0) is 16.2. The molecule has 0 saturated carbocycles. The molecule has 1 aliphatic rings. The van der Waals surface area contributed by atoms with E-state index < -0.39 is 0 Å². The largest absolute Gasteiger partial charge is 0.353 e. The van der Waals surface area contributed by atoms with E-state index in [4.69, 9.17) is 0 Å². The average molecular weight is 312 g/mol. The Kier molecular flexibility index (Phi) is 4.52. The van der Waals surface area contributed by atoms with E-state index in [0.29, 0.717) is 31.9 Å². The summed E-state index contributed by atoms with van der Waals surface area (Å²) in [4.78, 5) is 32.8. The summed E-state index contributed by atoms with van der Waals surface area (Å²) in [7, 11) is 0. The Bertz CT molecular complexity index is 742. The normalized spacial score (nSPS) is 18.7. The lowest BCUT2D eigenvalue weighted by Crippen LogP contribution is -2.49. The molecule has 2 N–H and O–H groups in total. The van der Waals surface area contributed by atoms with Gasteiger partial charge < -0.3 is 10.3 Å². The molecule has 2 heterocycles. The van der Waals surface area contributed by atoms with Crippen molar-refractivity contribution in [1.82, 2.24) is 20.2 Å². The lowest BCUT2D eigenvalue weighted by atomic mass is 10.0. The van der Waals surface area contributed by atoms with Crippen molar-refractivity contribution in [3.63, 3.8) is 0 Å². The lowest BCUT2D eigenvalue weighted by Gasteiger charge is -2.35. The topological polar surface area (TPSA) is 78.1 Å². The van der Waals surface area contributed by atoms with Crippen molar-refractivity contribution in [2.75, 3.05) is 13.1 Å². The minimum Gasteiger partial charge on any atom is -0.353 e. The maximum absolute atomic E-state index is 11.8. The highest BCUT2D eigenvalue weighted by Crippen LogP contribution is 2.23. The first-order valence-electron chi connectivity index (χ1n) is 7.80. The Morgan fingerprint density at radius 1 is 1.26 bits per heavy atom. The fourth-order valence-electron chi connectivity index (χ4n) is 2.87. The molecule has 0 aliphatic carbocycles. The standard InChI is InChI=1S/C17H20N4O2/c1-2-13-8-16(22)20-15(19-13)10-21-11-17(23)18-9-14(21)12-6-4-3-5-7-12/h3-8,14H,2,9-11H2,1H3,(H,18,23)(H,19,20,22). The number of aromatic amines is 1. The van der Waals surface area contributed by atoms with Crippen LogP contribution in [0.15, 0.2) is 41.2 Å². The molecule has 120 valence electrons. The molecule has 1 atom stereocenters. The quantitative estimate of drug-likeness (QED) is 0.883. The van der Waals surface area contributed by atoms with Crippen LogP contribution >= 0.6 is 0 Å². The summed E-state index contributed by atoms with van der Waals surface area (Å²) < 4.78 is 0. The monoisotopic (exact) mass is 312 g/mol. The highest BCUT2D eigenvalue weighted by atomic mass is 16.2. The fourth-order valence-corrected chi connectivity index (χ4v) is 2.87. The van der Waals surface area contributed by atoms with Gasteiger partial charge in [-0.3, -0.25) is 14.5 Å². The van der Waals surface area contributed by atoms with Crippen LogP contribution in [0.2, 0.25) is 0 Å². The van der Waals surface area contributed by atoms with Gasteiger partial charge in [-0.25, -0.2) is 4.98 Å². The Morgan fingerprint density at radius 3 is 2.78 bits per heavy atom. The van der Waals surface area contributed by atoms with Crippen LogP contribution in [0.4, 0.5) is 0 Å². The van der Waals surface area contributed by atoms with Gasteiger partial charge in [0.2, 0.25) is 5.91 Å². The molecule has 0 spiro atoms. The van der Waals surface area contributed by atoms with Crippen molar-refractivity contribution >= 4 is 5.91 Å². The number of hydrogen-bond donors (Lipinski definition) is 2. The van der Waals surface area contributed by atoms with E-state index in [0.717, 1.165) is 11.3 Å². The number of aryl methyl sites for hydroxylation is 1. The SMILES string of the molecule is CCc1cc(=O)[nH]c(CN2CC(=O)NCC2c2ccccc2)n1. The number of nitrogens with one attached hydrogen (secondary N) is 2. The van der Waals surface area contributed by atoms with Crippen LogP contribution < -0.4 is 10.9 Å².